The number of hydrogen-bond acceptors (Lipinski definition) is 6. The average Bonchev–Trinajstić information content (AvgIpc) is 2.65. The molecule has 0 saturated heterocycles. The molecule has 0 unspecified atom stereocenters. The summed E-state index contributed by atoms with van der Waals surface area (Å²) in [4.78, 5) is 18.4. The number of nitrogens with zero attached hydrogens (tertiary/aromatic N) is 2. The van der Waals surface area contributed by atoms with Crippen LogP contribution in [0.4, 0.5) is 5.13 Å². The maximum atomic E-state index is 11.4. The third-order valence-corrected chi connectivity index (χ3v) is 3.32. The number of carbonyl (C=O) groups is 1. The zero-order valence-corrected chi connectivity index (χ0v) is 11.6. The largest absolute Gasteiger partial charge is 0.465 e. The van der Waals surface area contributed by atoms with Crippen molar-refractivity contribution in [3.05, 3.63) is 10.6 Å². The Hall–Kier alpha value is -1.14. The second kappa shape index (κ2) is 6.56. The molecule has 0 aliphatic rings. The second-order valence-electron chi connectivity index (χ2n) is 4.01. The van der Waals surface area contributed by atoms with Gasteiger partial charge in [0, 0.05) is 6.54 Å². The molecular weight excluding hydrogens is 238 g/mol. The van der Waals surface area contributed by atoms with Gasteiger partial charge in [-0.3, -0.25) is 0 Å². The van der Waals surface area contributed by atoms with E-state index in [0.717, 1.165) is 30.3 Å². The van der Waals surface area contributed by atoms with Gasteiger partial charge in [0.2, 0.25) is 0 Å². The quantitative estimate of drug-likeness (QED) is 0.619. The molecule has 1 aromatic rings. The molecule has 17 heavy (non-hydrogen) atoms. The number of rotatable bonds is 6. The zero-order valence-electron chi connectivity index (χ0n) is 10.7. The molecule has 1 rings (SSSR count). The van der Waals surface area contributed by atoms with Crippen LogP contribution in [-0.4, -0.2) is 50.1 Å². The summed E-state index contributed by atoms with van der Waals surface area (Å²) in [6.45, 7) is 3.70. The lowest BCUT2D eigenvalue weighted by molar-refractivity contribution is 0.0605. The van der Waals surface area contributed by atoms with Crippen LogP contribution in [0.3, 0.4) is 0 Å². The van der Waals surface area contributed by atoms with Crippen molar-refractivity contribution in [3.63, 3.8) is 0 Å². The Bertz CT molecular complexity index is 377. The summed E-state index contributed by atoms with van der Waals surface area (Å²) in [5.74, 6) is -0.318. The minimum absolute atomic E-state index is 0.318. The lowest BCUT2D eigenvalue weighted by Crippen LogP contribution is -2.16. The molecule has 1 N–H and O–H groups in total. The summed E-state index contributed by atoms with van der Waals surface area (Å²) in [7, 11) is 5.47. The number of carbonyl (C=O) groups excluding carboxylic acids is 1. The van der Waals surface area contributed by atoms with Crippen molar-refractivity contribution in [2.24, 2.45) is 0 Å². The number of methoxy groups -OCH3 is 1. The fraction of sp³-hybridized carbons (Fsp3) is 0.636. The highest BCUT2D eigenvalue weighted by Gasteiger charge is 2.15. The molecule has 0 saturated carbocycles. The normalized spacial score (nSPS) is 10.6. The van der Waals surface area contributed by atoms with Crippen LogP contribution in [0.1, 0.15) is 21.8 Å². The molecule has 0 aliphatic heterocycles. The number of aromatic nitrogens is 1. The molecule has 96 valence electrons. The topological polar surface area (TPSA) is 54.5 Å². The lowest BCUT2D eigenvalue weighted by Gasteiger charge is -2.08. The summed E-state index contributed by atoms with van der Waals surface area (Å²) in [6, 6.07) is 0. The molecule has 0 atom stereocenters. The SMILES string of the molecule is COC(=O)c1sc(NCCCN(C)C)nc1C. The fourth-order valence-corrected chi connectivity index (χ4v) is 2.25. The Kier molecular flexibility index (Phi) is 5.37. The van der Waals surface area contributed by atoms with Gasteiger partial charge >= 0.3 is 5.97 Å². The van der Waals surface area contributed by atoms with E-state index in [1.807, 2.05) is 21.0 Å². The van der Waals surface area contributed by atoms with Gasteiger partial charge in [0.05, 0.1) is 12.8 Å². The monoisotopic (exact) mass is 257 g/mol. The first-order valence-electron chi connectivity index (χ1n) is 5.49. The number of anilines is 1. The van der Waals surface area contributed by atoms with Crippen molar-refractivity contribution in [2.45, 2.75) is 13.3 Å². The van der Waals surface area contributed by atoms with Gasteiger partial charge in [-0.25, -0.2) is 9.78 Å². The number of esters is 1. The van der Waals surface area contributed by atoms with Crippen molar-refractivity contribution in [1.29, 1.82) is 0 Å². The Morgan fingerprint density at radius 2 is 2.24 bits per heavy atom. The molecule has 1 aromatic heterocycles. The lowest BCUT2D eigenvalue weighted by atomic mass is 10.4. The van der Waals surface area contributed by atoms with Crippen LogP contribution >= 0.6 is 11.3 Å². The van der Waals surface area contributed by atoms with E-state index < -0.39 is 0 Å². The number of hydrogen-bond donors (Lipinski definition) is 1. The summed E-state index contributed by atoms with van der Waals surface area (Å²) in [6.07, 6.45) is 1.04. The van der Waals surface area contributed by atoms with Crippen LogP contribution in [0.5, 0.6) is 0 Å². The predicted octanol–water partition coefficient (Wildman–Crippen LogP) is 1.60. The standard InChI is InChI=1S/C11H19N3O2S/c1-8-9(10(15)16-4)17-11(13-8)12-6-5-7-14(2)3/h5-7H2,1-4H3,(H,12,13). The second-order valence-corrected chi connectivity index (χ2v) is 5.01. The molecule has 0 fully saturated rings. The average molecular weight is 257 g/mol. The third-order valence-electron chi connectivity index (χ3n) is 2.23. The van der Waals surface area contributed by atoms with Gasteiger partial charge < -0.3 is 15.0 Å². The van der Waals surface area contributed by atoms with Crippen molar-refractivity contribution in [2.75, 3.05) is 39.6 Å². The van der Waals surface area contributed by atoms with Gasteiger partial charge in [-0.1, -0.05) is 11.3 Å². The predicted molar refractivity (Wildman–Crippen MR) is 69.9 cm³/mol. The highest BCUT2D eigenvalue weighted by atomic mass is 32.1. The van der Waals surface area contributed by atoms with E-state index in [-0.39, 0.29) is 5.97 Å². The van der Waals surface area contributed by atoms with E-state index in [4.69, 9.17) is 0 Å². The van der Waals surface area contributed by atoms with Gasteiger partial charge in [-0.05, 0) is 34.0 Å². The Morgan fingerprint density at radius 3 is 2.82 bits per heavy atom. The Balaban J connectivity index is 2.47. The zero-order chi connectivity index (χ0) is 12.8. The van der Waals surface area contributed by atoms with Gasteiger partial charge in [-0.2, -0.15) is 0 Å². The van der Waals surface area contributed by atoms with Crippen molar-refractivity contribution in [1.82, 2.24) is 9.88 Å². The molecule has 0 aromatic carbocycles. The van der Waals surface area contributed by atoms with E-state index in [9.17, 15) is 4.79 Å². The van der Waals surface area contributed by atoms with Crippen LogP contribution in [0, 0.1) is 6.92 Å². The van der Waals surface area contributed by atoms with Crippen LogP contribution in [-0.2, 0) is 4.74 Å². The van der Waals surface area contributed by atoms with E-state index in [1.54, 1.807) is 0 Å². The van der Waals surface area contributed by atoms with Gasteiger partial charge in [0.15, 0.2) is 5.13 Å². The third kappa shape index (κ3) is 4.32. The van der Waals surface area contributed by atoms with Crippen molar-refractivity contribution in [3.8, 4) is 0 Å². The highest BCUT2D eigenvalue weighted by Crippen LogP contribution is 2.22. The van der Waals surface area contributed by atoms with E-state index in [1.165, 1.54) is 18.4 Å². The van der Waals surface area contributed by atoms with Gasteiger partial charge in [-0.15, -0.1) is 0 Å². The number of nitrogens with one attached hydrogen (secondary N) is 1. The molecule has 0 bridgehead atoms. The smallest absolute Gasteiger partial charge is 0.350 e. The molecule has 0 amide bonds. The van der Waals surface area contributed by atoms with Crippen LogP contribution in [0.2, 0.25) is 0 Å². The van der Waals surface area contributed by atoms with Crippen LogP contribution in [0.15, 0.2) is 0 Å². The minimum atomic E-state index is -0.318. The summed E-state index contributed by atoms with van der Waals surface area (Å²) >= 11 is 1.34. The first-order chi connectivity index (χ1) is 8.04. The van der Waals surface area contributed by atoms with Gasteiger partial charge in [0.1, 0.15) is 4.88 Å². The summed E-state index contributed by atoms with van der Waals surface area (Å²) in [5, 5.41) is 3.99. The fourth-order valence-electron chi connectivity index (χ4n) is 1.34. The number of thiazole rings is 1. The van der Waals surface area contributed by atoms with Crippen molar-refractivity contribution >= 4 is 22.4 Å². The van der Waals surface area contributed by atoms with Crippen molar-refractivity contribution < 1.29 is 9.53 Å². The number of ether oxygens (including phenoxy) is 1. The Morgan fingerprint density at radius 1 is 1.53 bits per heavy atom. The van der Waals surface area contributed by atoms with E-state index >= 15 is 0 Å². The molecule has 1 heterocycles. The summed E-state index contributed by atoms with van der Waals surface area (Å²) < 4.78 is 4.68. The number of aryl methyl sites for hydroxylation is 1. The minimum Gasteiger partial charge on any atom is -0.465 e. The Labute approximate surface area is 106 Å². The highest BCUT2D eigenvalue weighted by molar-refractivity contribution is 7.17. The van der Waals surface area contributed by atoms with Gasteiger partial charge in [0.25, 0.3) is 0 Å². The first-order valence-corrected chi connectivity index (χ1v) is 6.30. The van der Waals surface area contributed by atoms with E-state index in [0.29, 0.717) is 4.88 Å². The molecule has 0 spiro atoms. The van der Waals surface area contributed by atoms with Crippen LogP contribution < -0.4 is 5.32 Å². The van der Waals surface area contributed by atoms with E-state index in [2.05, 4.69) is 19.9 Å². The molecule has 0 radical (unpaired) electrons. The first kappa shape index (κ1) is 13.9. The maximum Gasteiger partial charge on any atom is 0.350 e. The molecule has 0 aliphatic carbocycles. The maximum absolute atomic E-state index is 11.4. The summed E-state index contributed by atoms with van der Waals surface area (Å²) in [5.41, 5.74) is 0.719. The molecular formula is C11H19N3O2S. The molecule has 6 heteroatoms. The van der Waals surface area contributed by atoms with Crippen LogP contribution in [0.25, 0.3) is 0 Å². The molecule has 5 nitrogen and oxygen atoms in total.